The van der Waals surface area contributed by atoms with Crippen LogP contribution in [0.2, 0.25) is 0 Å². The predicted octanol–water partition coefficient (Wildman–Crippen LogP) is 3.05. The molecule has 3 rings (SSSR count). The number of hydrogen-bond donors (Lipinski definition) is 3. The maximum atomic E-state index is 12.5. The van der Waals surface area contributed by atoms with E-state index in [-0.39, 0.29) is 24.2 Å². The second-order valence-electron chi connectivity index (χ2n) is 7.02. The molecular weight excluding hydrogens is 386 g/mol. The minimum Gasteiger partial charge on any atom is -0.339 e. The third-order valence-electron chi connectivity index (χ3n) is 4.54. The summed E-state index contributed by atoms with van der Waals surface area (Å²) in [5.41, 5.74) is 5.76. The van der Waals surface area contributed by atoms with Crippen LogP contribution in [0.25, 0.3) is 10.8 Å². The summed E-state index contributed by atoms with van der Waals surface area (Å²) in [5, 5.41) is 6.58. The van der Waals surface area contributed by atoms with Crippen molar-refractivity contribution in [3.8, 4) is 0 Å². The highest BCUT2D eigenvalue weighted by Crippen LogP contribution is 2.18. The molecule has 29 heavy (non-hydrogen) atoms. The van der Waals surface area contributed by atoms with Crippen molar-refractivity contribution in [1.82, 2.24) is 16.2 Å². The Kier molecular flexibility index (Phi) is 6.61. The minimum absolute atomic E-state index is 0.134. The number of nitrogens with one attached hydrogen (secondary N) is 3. The van der Waals surface area contributed by atoms with Crippen molar-refractivity contribution in [2.24, 2.45) is 5.92 Å². The number of hydrazine groups is 1. The molecule has 1 heterocycles. The van der Waals surface area contributed by atoms with Crippen LogP contribution in [0.3, 0.4) is 0 Å². The number of carbonyl (C=O) groups excluding carboxylic acids is 3. The van der Waals surface area contributed by atoms with E-state index in [1.54, 1.807) is 17.5 Å². The SMILES string of the molecule is CC(C)C(NC(=O)c1cccs1)C(=O)NNC(=O)Cc1cccc2ccccc12. The lowest BCUT2D eigenvalue weighted by Crippen LogP contribution is -2.54. The van der Waals surface area contributed by atoms with Gasteiger partial charge in [0.05, 0.1) is 11.3 Å². The van der Waals surface area contributed by atoms with Crippen LogP contribution in [-0.4, -0.2) is 23.8 Å². The molecule has 7 heteroatoms. The number of carbonyl (C=O) groups is 3. The van der Waals surface area contributed by atoms with E-state index in [4.69, 9.17) is 0 Å². The molecule has 0 fully saturated rings. The van der Waals surface area contributed by atoms with E-state index in [1.165, 1.54) is 11.3 Å². The summed E-state index contributed by atoms with van der Waals surface area (Å²) in [6.07, 6.45) is 0.134. The maximum Gasteiger partial charge on any atom is 0.262 e. The Balaban J connectivity index is 1.59. The summed E-state index contributed by atoms with van der Waals surface area (Å²) in [4.78, 5) is 37.7. The Morgan fingerprint density at radius 2 is 1.69 bits per heavy atom. The van der Waals surface area contributed by atoms with Crippen LogP contribution in [0.15, 0.2) is 60.0 Å². The molecule has 1 atom stereocenters. The molecule has 0 saturated heterocycles. The zero-order valence-electron chi connectivity index (χ0n) is 16.3. The highest BCUT2D eigenvalue weighted by molar-refractivity contribution is 7.12. The Labute approximate surface area is 173 Å². The first-order chi connectivity index (χ1) is 14.0. The molecule has 1 unspecified atom stereocenters. The van der Waals surface area contributed by atoms with E-state index in [0.717, 1.165) is 16.3 Å². The highest BCUT2D eigenvalue weighted by Gasteiger charge is 2.25. The van der Waals surface area contributed by atoms with E-state index in [9.17, 15) is 14.4 Å². The van der Waals surface area contributed by atoms with E-state index in [1.807, 2.05) is 56.3 Å². The summed E-state index contributed by atoms with van der Waals surface area (Å²) < 4.78 is 0. The lowest BCUT2D eigenvalue weighted by atomic mass is 10.0. The van der Waals surface area contributed by atoms with E-state index in [2.05, 4.69) is 16.2 Å². The van der Waals surface area contributed by atoms with Crippen LogP contribution >= 0.6 is 11.3 Å². The van der Waals surface area contributed by atoms with Gasteiger partial charge >= 0.3 is 0 Å². The van der Waals surface area contributed by atoms with Gasteiger partial charge in [0.2, 0.25) is 5.91 Å². The second-order valence-corrected chi connectivity index (χ2v) is 7.97. The molecule has 0 aliphatic rings. The molecule has 150 valence electrons. The Bertz CT molecular complexity index is 1010. The van der Waals surface area contributed by atoms with Crippen molar-refractivity contribution in [2.75, 3.05) is 0 Å². The average molecular weight is 410 g/mol. The van der Waals surface area contributed by atoms with Crippen molar-refractivity contribution < 1.29 is 14.4 Å². The first kappa shape index (κ1) is 20.5. The molecule has 6 nitrogen and oxygen atoms in total. The molecule has 2 aromatic carbocycles. The van der Waals surface area contributed by atoms with Gasteiger partial charge in [0.1, 0.15) is 6.04 Å². The Morgan fingerprint density at radius 1 is 0.931 bits per heavy atom. The Morgan fingerprint density at radius 3 is 2.41 bits per heavy atom. The quantitative estimate of drug-likeness (QED) is 0.547. The Hall–Kier alpha value is -3.19. The number of fused-ring (bicyclic) bond motifs is 1. The van der Waals surface area contributed by atoms with Gasteiger partial charge in [-0.15, -0.1) is 11.3 Å². The van der Waals surface area contributed by atoms with Gasteiger partial charge in [-0.05, 0) is 33.7 Å². The normalized spacial score (nSPS) is 11.8. The number of benzene rings is 2. The molecule has 0 aliphatic carbocycles. The lowest BCUT2D eigenvalue weighted by molar-refractivity contribution is -0.130. The predicted molar refractivity (Wildman–Crippen MR) is 114 cm³/mol. The second kappa shape index (κ2) is 9.34. The third kappa shape index (κ3) is 5.20. The van der Waals surface area contributed by atoms with Crippen molar-refractivity contribution in [3.05, 3.63) is 70.4 Å². The summed E-state index contributed by atoms with van der Waals surface area (Å²) in [6.45, 7) is 3.66. The van der Waals surface area contributed by atoms with Gasteiger partial charge in [-0.25, -0.2) is 0 Å². The van der Waals surface area contributed by atoms with Gasteiger partial charge < -0.3 is 5.32 Å². The average Bonchev–Trinajstić information content (AvgIpc) is 3.25. The number of rotatable bonds is 6. The number of thiophene rings is 1. The molecule has 0 spiro atoms. The standard InChI is InChI=1S/C22H23N3O3S/c1-14(2)20(23-21(27)18-11-6-12-29-18)22(28)25-24-19(26)13-16-9-5-8-15-7-3-4-10-17(15)16/h3-12,14,20H,13H2,1-2H3,(H,23,27)(H,24,26)(H,25,28). The molecule has 0 bridgehead atoms. The van der Waals surface area contributed by atoms with Crippen LogP contribution in [0, 0.1) is 5.92 Å². The summed E-state index contributed by atoms with van der Waals surface area (Å²) >= 11 is 1.30. The van der Waals surface area contributed by atoms with E-state index < -0.39 is 11.9 Å². The largest absolute Gasteiger partial charge is 0.339 e. The lowest BCUT2D eigenvalue weighted by Gasteiger charge is -2.21. The van der Waals surface area contributed by atoms with Gasteiger partial charge in [0.15, 0.2) is 0 Å². The van der Waals surface area contributed by atoms with Crippen molar-refractivity contribution in [2.45, 2.75) is 26.3 Å². The van der Waals surface area contributed by atoms with Crippen molar-refractivity contribution >= 4 is 39.8 Å². The first-order valence-corrected chi connectivity index (χ1v) is 10.2. The monoisotopic (exact) mass is 409 g/mol. The van der Waals surface area contributed by atoms with Gasteiger partial charge in [-0.2, -0.15) is 0 Å². The number of hydrogen-bond acceptors (Lipinski definition) is 4. The smallest absolute Gasteiger partial charge is 0.262 e. The van der Waals surface area contributed by atoms with E-state index >= 15 is 0 Å². The van der Waals surface area contributed by atoms with Crippen LogP contribution in [-0.2, 0) is 16.0 Å². The topological polar surface area (TPSA) is 87.3 Å². The van der Waals surface area contributed by atoms with Crippen molar-refractivity contribution in [1.29, 1.82) is 0 Å². The summed E-state index contributed by atoms with van der Waals surface area (Å²) in [7, 11) is 0. The van der Waals surface area contributed by atoms with Crippen LogP contribution < -0.4 is 16.2 Å². The fourth-order valence-corrected chi connectivity index (χ4v) is 3.65. The summed E-state index contributed by atoms with van der Waals surface area (Å²) in [6, 6.07) is 16.3. The molecule has 0 radical (unpaired) electrons. The fourth-order valence-electron chi connectivity index (χ4n) is 3.03. The molecule has 0 aliphatic heterocycles. The van der Waals surface area contributed by atoms with Gasteiger partial charge in [-0.1, -0.05) is 62.4 Å². The maximum absolute atomic E-state index is 12.5. The zero-order valence-corrected chi connectivity index (χ0v) is 17.1. The van der Waals surface area contributed by atoms with Gasteiger partial charge in [0, 0.05) is 0 Å². The fraction of sp³-hybridized carbons (Fsp3) is 0.227. The first-order valence-electron chi connectivity index (χ1n) is 9.35. The van der Waals surface area contributed by atoms with Crippen molar-refractivity contribution in [3.63, 3.8) is 0 Å². The molecule has 1 aromatic heterocycles. The number of amides is 3. The van der Waals surface area contributed by atoms with Gasteiger partial charge in [0.25, 0.3) is 11.8 Å². The van der Waals surface area contributed by atoms with Crippen LogP contribution in [0.5, 0.6) is 0 Å². The molecule has 3 amide bonds. The molecule has 3 N–H and O–H groups in total. The van der Waals surface area contributed by atoms with Crippen LogP contribution in [0.4, 0.5) is 0 Å². The highest BCUT2D eigenvalue weighted by atomic mass is 32.1. The molecule has 0 saturated carbocycles. The van der Waals surface area contributed by atoms with E-state index in [0.29, 0.717) is 4.88 Å². The molecule has 3 aromatic rings. The minimum atomic E-state index is -0.762. The molecular formula is C22H23N3O3S. The zero-order chi connectivity index (χ0) is 20.8. The van der Waals surface area contributed by atoms with Crippen LogP contribution in [0.1, 0.15) is 29.1 Å². The van der Waals surface area contributed by atoms with Gasteiger partial charge in [-0.3, -0.25) is 25.2 Å². The third-order valence-corrected chi connectivity index (χ3v) is 5.41. The summed E-state index contributed by atoms with van der Waals surface area (Å²) in [5.74, 6) is -1.25.